The molecule has 0 aliphatic carbocycles. The molecule has 0 radical (unpaired) electrons. The summed E-state index contributed by atoms with van der Waals surface area (Å²) < 4.78 is 0. The van der Waals surface area contributed by atoms with Gasteiger partial charge in [0, 0.05) is 0 Å². The van der Waals surface area contributed by atoms with Crippen LogP contribution in [0.4, 0.5) is 0 Å². The minimum atomic E-state index is -0.201. The van der Waals surface area contributed by atoms with Crippen LogP contribution in [0.3, 0.4) is 0 Å². The van der Waals surface area contributed by atoms with Gasteiger partial charge in [0.05, 0.1) is 6.10 Å². The van der Waals surface area contributed by atoms with Gasteiger partial charge >= 0.3 is 0 Å². The molecule has 1 nitrogen and oxygen atoms in total. The largest absolute Gasteiger partial charge is 0.393 e. The molecular weight excluding hydrogens is 124 g/mol. The zero-order valence-corrected chi connectivity index (χ0v) is 7.22. The van der Waals surface area contributed by atoms with Crippen molar-refractivity contribution in [1.29, 1.82) is 0 Å². The zero-order chi connectivity index (χ0) is 8.15. The predicted molar refractivity (Wildman–Crippen MR) is 44.9 cm³/mol. The number of rotatable bonds is 4. The highest BCUT2D eigenvalue weighted by Gasteiger charge is 2.08. The summed E-state index contributed by atoms with van der Waals surface area (Å²) in [4.78, 5) is 0. The summed E-state index contributed by atoms with van der Waals surface area (Å²) >= 11 is 0. The molecule has 0 fully saturated rings. The fourth-order valence-electron chi connectivity index (χ4n) is 0.676. The number of aliphatic hydroxyl groups excluding tert-OH is 1. The predicted octanol–water partition coefficient (Wildman–Crippen LogP) is 2.36. The molecule has 60 valence electrons. The number of hydrogen-bond acceptors (Lipinski definition) is 1. The van der Waals surface area contributed by atoms with Crippen molar-refractivity contribution in [3.63, 3.8) is 0 Å². The van der Waals surface area contributed by atoms with Crippen LogP contribution in [0.15, 0.2) is 12.2 Å². The molecular formula is C9H18O. The van der Waals surface area contributed by atoms with E-state index in [9.17, 15) is 5.11 Å². The summed E-state index contributed by atoms with van der Waals surface area (Å²) in [5.74, 6) is 0.350. The highest BCUT2D eigenvalue weighted by Crippen LogP contribution is 2.12. The van der Waals surface area contributed by atoms with E-state index in [0.29, 0.717) is 5.92 Å². The van der Waals surface area contributed by atoms with Gasteiger partial charge in [0.15, 0.2) is 0 Å². The fraction of sp³-hybridized carbons (Fsp3) is 0.778. The molecule has 0 aromatic carbocycles. The molecule has 0 aromatic heterocycles. The molecule has 0 saturated heterocycles. The summed E-state index contributed by atoms with van der Waals surface area (Å²) in [7, 11) is 0. The zero-order valence-electron chi connectivity index (χ0n) is 7.22. The van der Waals surface area contributed by atoms with Crippen molar-refractivity contribution < 1.29 is 5.11 Å². The highest BCUT2D eigenvalue weighted by atomic mass is 16.3. The smallest absolute Gasteiger partial charge is 0.0600 e. The van der Waals surface area contributed by atoms with Crippen molar-refractivity contribution in [2.75, 3.05) is 0 Å². The van der Waals surface area contributed by atoms with E-state index in [4.69, 9.17) is 0 Å². The van der Waals surface area contributed by atoms with Crippen molar-refractivity contribution in [3.8, 4) is 0 Å². The summed E-state index contributed by atoms with van der Waals surface area (Å²) in [5, 5.41) is 9.37. The van der Waals surface area contributed by atoms with E-state index in [2.05, 4.69) is 13.5 Å². The molecule has 0 amide bonds. The summed E-state index contributed by atoms with van der Waals surface area (Å²) in [5.41, 5.74) is 1.14. The van der Waals surface area contributed by atoms with Crippen LogP contribution >= 0.6 is 0 Å². The molecule has 0 bridgehead atoms. The van der Waals surface area contributed by atoms with E-state index in [0.717, 1.165) is 18.4 Å². The van der Waals surface area contributed by atoms with Crippen LogP contribution in [-0.4, -0.2) is 11.2 Å². The Morgan fingerprint density at radius 1 is 1.50 bits per heavy atom. The third-order valence-electron chi connectivity index (χ3n) is 1.77. The molecule has 0 aromatic rings. The van der Waals surface area contributed by atoms with Crippen molar-refractivity contribution in [1.82, 2.24) is 0 Å². The van der Waals surface area contributed by atoms with Crippen LogP contribution in [0, 0.1) is 5.92 Å². The van der Waals surface area contributed by atoms with Crippen LogP contribution in [-0.2, 0) is 0 Å². The Morgan fingerprint density at radius 3 is 2.30 bits per heavy atom. The lowest BCUT2D eigenvalue weighted by Gasteiger charge is -2.14. The highest BCUT2D eigenvalue weighted by molar-refractivity contribution is 4.94. The van der Waals surface area contributed by atoms with Crippen molar-refractivity contribution >= 4 is 0 Å². The second-order valence-electron chi connectivity index (χ2n) is 3.12. The lowest BCUT2D eigenvalue weighted by molar-refractivity contribution is 0.125. The lowest BCUT2D eigenvalue weighted by Crippen LogP contribution is -2.14. The van der Waals surface area contributed by atoms with Crippen LogP contribution in [0.25, 0.3) is 0 Å². The summed E-state index contributed by atoms with van der Waals surface area (Å²) in [6.07, 6.45) is 1.53. The number of hydrogen-bond donors (Lipinski definition) is 1. The third kappa shape index (κ3) is 3.67. The van der Waals surface area contributed by atoms with Crippen LogP contribution in [0.5, 0.6) is 0 Å². The molecule has 1 heteroatoms. The fourth-order valence-corrected chi connectivity index (χ4v) is 0.676. The van der Waals surface area contributed by atoms with Gasteiger partial charge < -0.3 is 5.11 Å². The monoisotopic (exact) mass is 142 g/mol. The maximum Gasteiger partial charge on any atom is 0.0600 e. The molecule has 1 unspecified atom stereocenters. The van der Waals surface area contributed by atoms with Gasteiger partial charge in [0.2, 0.25) is 0 Å². The summed E-state index contributed by atoms with van der Waals surface area (Å²) in [6.45, 7) is 9.94. The quantitative estimate of drug-likeness (QED) is 0.597. The molecule has 0 saturated carbocycles. The Labute approximate surface area is 63.8 Å². The maximum atomic E-state index is 9.37. The van der Waals surface area contributed by atoms with E-state index in [1.807, 2.05) is 13.8 Å². The SMILES string of the molecule is C=C(CC)CC(O)C(C)C. The Hall–Kier alpha value is -0.300. The Balaban J connectivity index is 3.57. The average molecular weight is 142 g/mol. The Morgan fingerprint density at radius 2 is 2.00 bits per heavy atom. The van der Waals surface area contributed by atoms with E-state index in [-0.39, 0.29) is 6.10 Å². The lowest BCUT2D eigenvalue weighted by atomic mass is 9.99. The summed E-state index contributed by atoms with van der Waals surface area (Å²) in [6, 6.07) is 0. The third-order valence-corrected chi connectivity index (χ3v) is 1.77. The van der Waals surface area contributed by atoms with E-state index >= 15 is 0 Å². The molecule has 10 heavy (non-hydrogen) atoms. The number of aliphatic hydroxyl groups is 1. The van der Waals surface area contributed by atoms with E-state index < -0.39 is 0 Å². The Bertz CT molecular complexity index is 105. The van der Waals surface area contributed by atoms with Gasteiger partial charge in [0.25, 0.3) is 0 Å². The van der Waals surface area contributed by atoms with Gasteiger partial charge in [-0.3, -0.25) is 0 Å². The second-order valence-corrected chi connectivity index (χ2v) is 3.12. The second kappa shape index (κ2) is 4.51. The first kappa shape index (κ1) is 9.70. The minimum absolute atomic E-state index is 0.201. The molecule has 0 heterocycles. The topological polar surface area (TPSA) is 20.2 Å². The van der Waals surface area contributed by atoms with Crippen molar-refractivity contribution in [2.45, 2.75) is 39.7 Å². The molecule has 0 aliphatic heterocycles. The normalized spacial score (nSPS) is 13.7. The van der Waals surface area contributed by atoms with E-state index in [1.54, 1.807) is 0 Å². The average Bonchev–Trinajstić information content (AvgIpc) is 1.87. The molecule has 0 rings (SSSR count). The van der Waals surface area contributed by atoms with Crippen molar-refractivity contribution in [3.05, 3.63) is 12.2 Å². The van der Waals surface area contributed by atoms with Crippen LogP contribution in [0.1, 0.15) is 33.6 Å². The standard InChI is InChI=1S/C9H18O/c1-5-8(4)6-9(10)7(2)3/h7,9-10H,4-6H2,1-3H3. The molecule has 0 aliphatic rings. The van der Waals surface area contributed by atoms with Gasteiger partial charge in [-0.15, -0.1) is 0 Å². The Kier molecular flexibility index (Phi) is 4.37. The first-order chi connectivity index (χ1) is 4.57. The molecule has 1 atom stereocenters. The van der Waals surface area contributed by atoms with Crippen LogP contribution < -0.4 is 0 Å². The van der Waals surface area contributed by atoms with Gasteiger partial charge in [0.1, 0.15) is 0 Å². The first-order valence-corrected chi connectivity index (χ1v) is 3.92. The molecule has 0 spiro atoms. The van der Waals surface area contributed by atoms with Gasteiger partial charge in [-0.2, -0.15) is 0 Å². The van der Waals surface area contributed by atoms with Gasteiger partial charge in [-0.25, -0.2) is 0 Å². The van der Waals surface area contributed by atoms with Crippen molar-refractivity contribution in [2.24, 2.45) is 5.92 Å². The van der Waals surface area contributed by atoms with Crippen LogP contribution in [0.2, 0.25) is 0 Å². The molecule has 1 N–H and O–H groups in total. The van der Waals surface area contributed by atoms with Gasteiger partial charge in [-0.05, 0) is 18.8 Å². The maximum absolute atomic E-state index is 9.37. The first-order valence-electron chi connectivity index (χ1n) is 3.92. The van der Waals surface area contributed by atoms with Gasteiger partial charge in [-0.1, -0.05) is 32.9 Å². The minimum Gasteiger partial charge on any atom is -0.393 e. The van der Waals surface area contributed by atoms with E-state index in [1.165, 1.54) is 0 Å².